The number of fused-ring (bicyclic) bond motifs is 1. The van der Waals surface area contributed by atoms with Crippen LogP contribution in [0.25, 0.3) is 0 Å². The van der Waals surface area contributed by atoms with Gasteiger partial charge in [0.05, 0.1) is 12.0 Å². The first-order valence-electron chi connectivity index (χ1n) is 10.4. The number of hydrogen-bond acceptors (Lipinski definition) is 3. The quantitative estimate of drug-likeness (QED) is 0.782. The Bertz CT molecular complexity index is 842. The molecule has 148 valence electrons. The standard InChI is InChI=1S/C23H28N2O2S/c1-3-15(2)24-22(26)20-17-11-6-7-12-18(17)23(27)25(16-9-4-5-10-16)21(20)19-13-8-14-28-19/h6-8,11-16,20-21H,3-5,9-10H2,1-2H3,(H,24,26)/t15-,20+,21-/m0/s1. The smallest absolute Gasteiger partial charge is 0.254 e. The second-order valence-corrected chi connectivity index (χ2v) is 8.97. The van der Waals surface area contributed by atoms with Crippen molar-refractivity contribution in [3.05, 3.63) is 57.8 Å². The summed E-state index contributed by atoms with van der Waals surface area (Å²) in [6, 6.07) is 11.9. The molecular weight excluding hydrogens is 368 g/mol. The molecule has 2 aliphatic rings. The van der Waals surface area contributed by atoms with Crippen LogP contribution < -0.4 is 5.32 Å². The predicted octanol–water partition coefficient (Wildman–Crippen LogP) is 4.89. The van der Waals surface area contributed by atoms with Crippen LogP contribution >= 0.6 is 11.3 Å². The highest BCUT2D eigenvalue weighted by atomic mass is 32.1. The van der Waals surface area contributed by atoms with Gasteiger partial charge in [-0.15, -0.1) is 11.3 Å². The summed E-state index contributed by atoms with van der Waals surface area (Å²) in [6.07, 6.45) is 5.23. The fourth-order valence-electron chi connectivity index (χ4n) is 4.61. The van der Waals surface area contributed by atoms with Crippen LogP contribution in [0.1, 0.15) is 78.7 Å². The minimum atomic E-state index is -0.373. The van der Waals surface area contributed by atoms with Gasteiger partial charge in [-0.3, -0.25) is 9.59 Å². The van der Waals surface area contributed by atoms with Crippen LogP contribution in [0.2, 0.25) is 0 Å². The zero-order chi connectivity index (χ0) is 19.7. The molecule has 1 fully saturated rings. The van der Waals surface area contributed by atoms with E-state index in [1.165, 1.54) is 0 Å². The Morgan fingerprint density at radius 1 is 1.21 bits per heavy atom. The summed E-state index contributed by atoms with van der Waals surface area (Å²) in [5.74, 6) is -0.272. The summed E-state index contributed by atoms with van der Waals surface area (Å²) >= 11 is 1.64. The number of carbonyl (C=O) groups excluding carboxylic acids is 2. The second-order valence-electron chi connectivity index (χ2n) is 7.99. The van der Waals surface area contributed by atoms with Gasteiger partial charge >= 0.3 is 0 Å². The Morgan fingerprint density at radius 2 is 1.96 bits per heavy atom. The summed E-state index contributed by atoms with van der Waals surface area (Å²) in [5.41, 5.74) is 1.55. The van der Waals surface area contributed by atoms with Gasteiger partial charge < -0.3 is 10.2 Å². The predicted molar refractivity (Wildman–Crippen MR) is 113 cm³/mol. The highest BCUT2D eigenvalue weighted by Crippen LogP contribution is 2.47. The lowest BCUT2D eigenvalue weighted by Crippen LogP contribution is -2.51. The summed E-state index contributed by atoms with van der Waals surface area (Å²) in [4.78, 5) is 30.2. The average molecular weight is 397 g/mol. The molecule has 4 rings (SSSR count). The monoisotopic (exact) mass is 396 g/mol. The molecule has 0 unspecified atom stereocenters. The summed E-state index contributed by atoms with van der Waals surface area (Å²) in [7, 11) is 0. The number of thiophene rings is 1. The average Bonchev–Trinajstić information content (AvgIpc) is 3.41. The maximum absolute atomic E-state index is 13.6. The van der Waals surface area contributed by atoms with Gasteiger partial charge in [0.15, 0.2) is 0 Å². The summed E-state index contributed by atoms with van der Waals surface area (Å²) in [5, 5.41) is 5.22. The van der Waals surface area contributed by atoms with Gasteiger partial charge in [0.1, 0.15) is 0 Å². The first-order valence-corrected chi connectivity index (χ1v) is 11.2. The van der Waals surface area contributed by atoms with Crippen molar-refractivity contribution in [2.75, 3.05) is 0 Å². The lowest BCUT2D eigenvalue weighted by molar-refractivity contribution is -0.125. The minimum Gasteiger partial charge on any atom is -0.353 e. The Labute approximate surface area is 170 Å². The number of carbonyl (C=O) groups is 2. The molecule has 2 amide bonds. The second kappa shape index (κ2) is 8.08. The fraction of sp³-hybridized carbons (Fsp3) is 0.478. The van der Waals surface area contributed by atoms with Gasteiger partial charge in [0, 0.05) is 22.5 Å². The highest BCUT2D eigenvalue weighted by Gasteiger charge is 2.47. The van der Waals surface area contributed by atoms with Crippen LogP contribution in [0, 0.1) is 0 Å². The van der Waals surface area contributed by atoms with E-state index in [1.807, 2.05) is 47.5 Å². The molecular formula is C23H28N2O2S. The van der Waals surface area contributed by atoms with E-state index in [-0.39, 0.29) is 35.9 Å². The highest BCUT2D eigenvalue weighted by molar-refractivity contribution is 7.10. The van der Waals surface area contributed by atoms with Gasteiger partial charge in [0.2, 0.25) is 5.91 Å². The van der Waals surface area contributed by atoms with Crippen LogP contribution in [0.3, 0.4) is 0 Å². The number of benzene rings is 1. The first kappa shape index (κ1) is 19.2. The summed E-state index contributed by atoms with van der Waals surface area (Å²) in [6.45, 7) is 4.11. The lowest BCUT2D eigenvalue weighted by Gasteiger charge is -2.44. The molecule has 0 spiro atoms. The number of nitrogens with one attached hydrogen (secondary N) is 1. The van der Waals surface area contributed by atoms with E-state index in [4.69, 9.17) is 0 Å². The molecule has 2 aromatic rings. The Morgan fingerprint density at radius 3 is 2.64 bits per heavy atom. The van der Waals surface area contributed by atoms with E-state index in [9.17, 15) is 9.59 Å². The third-order valence-electron chi connectivity index (χ3n) is 6.21. The number of amides is 2. The zero-order valence-corrected chi connectivity index (χ0v) is 17.4. The third kappa shape index (κ3) is 3.37. The molecule has 1 aromatic heterocycles. The molecule has 0 bridgehead atoms. The van der Waals surface area contributed by atoms with Crippen molar-refractivity contribution in [1.29, 1.82) is 0 Å². The molecule has 3 atom stereocenters. The zero-order valence-electron chi connectivity index (χ0n) is 16.6. The maximum Gasteiger partial charge on any atom is 0.254 e. The van der Waals surface area contributed by atoms with E-state index >= 15 is 0 Å². The maximum atomic E-state index is 13.6. The third-order valence-corrected chi connectivity index (χ3v) is 7.16. The molecule has 1 aromatic carbocycles. The van der Waals surface area contributed by atoms with Crippen molar-refractivity contribution in [2.24, 2.45) is 0 Å². The van der Waals surface area contributed by atoms with Gasteiger partial charge in [-0.05, 0) is 49.3 Å². The number of rotatable bonds is 5. The molecule has 5 heteroatoms. The van der Waals surface area contributed by atoms with Crippen molar-refractivity contribution in [1.82, 2.24) is 10.2 Å². The molecule has 1 saturated carbocycles. The van der Waals surface area contributed by atoms with Gasteiger partial charge in [-0.25, -0.2) is 0 Å². The van der Waals surface area contributed by atoms with Crippen molar-refractivity contribution in [3.63, 3.8) is 0 Å². The van der Waals surface area contributed by atoms with E-state index < -0.39 is 0 Å². The van der Waals surface area contributed by atoms with Crippen LogP contribution in [-0.4, -0.2) is 28.8 Å². The first-order chi connectivity index (χ1) is 13.6. The summed E-state index contributed by atoms with van der Waals surface area (Å²) < 4.78 is 0. The van der Waals surface area contributed by atoms with E-state index in [2.05, 4.69) is 18.3 Å². The molecule has 0 radical (unpaired) electrons. The Kier molecular flexibility index (Phi) is 5.54. The van der Waals surface area contributed by atoms with Crippen LogP contribution in [-0.2, 0) is 4.79 Å². The van der Waals surface area contributed by atoms with Crippen LogP contribution in [0.5, 0.6) is 0 Å². The number of hydrogen-bond donors (Lipinski definition) is 1. The molecule has 28 heavy (non-hydrogen) atoms. The molecule has 1 aliphatic carbocycles. The Hall–Kier alpha value is -2.14. The van der Waals surface area contributed by atoms with Crippen molar-refractivity contribution in [3.8, 4) is 0 Å². The van der Waals surface area contributed by atoms with Crippen molar-refractivity contribution < 1.29 is 9.59 Å². The SMILES string of the molecule is CC[C@H](C)NC(=O)[C@@H]1c2ccccc2C(=O)N(C2CCCC2)[C@H]1c1cccs1. The Balaban J connectivity index is 1.84. The van der Waals surface area contributed by atoms with Gasteiger partial charge in [0.25, 0.3) is 5.91 Å². The van der Waals surface area contributed by atoms with Crippen LogP contribution in [0.15, 0.2) is 41.8 Å². The topological polar surface area (TPSA) is 49.4 Å². The van der Waals surface area contributed by atoms with Crippen molar-refractivity contribution in [2.45, 2.75) is 70.0 Å². The van der Waals surface area contributed by atoms with Crippen LogP contribution in [0.4, 0.5) is 0 Å². The molecule has 4 nitrogen and oxygen atoms in total. The molecule has 1 aliphatic heterocycles. The van der Waals surface area contributed by atoms with Crippen molar-refractivity contribution >= 4 is 23.2 Å². The van der Waals surface area contributed by atoms with E-state index in [0.717, 1.165) is 42.5 Å². The van der Waals surface area contributed by atoms with E-state index in [1.54, 1.807) is 11.3 Å². The largest absolute Gasteiger partial charge is 0.353 e. The number of nitrogens with zero attached hydrogens (tertiary/aromatic N) is 1. The van der Waals surface area contributed by atoms with E-state index in [0.29, 0.717) is 5.56 Å². The normalized spacial score (nSPS) is 23.5. The molecule has 0 saturated heterocycles. The molecule has 1 N–H and O–H groups in total. The minimum absolute atomic E-state index is 0.0238. The van der Waals surface area contributed by atoms with Gasteiger partial charge in [-0.1, -0.05) is 44.0 Å². The fourth-order valence-corrected chi connectivity index (χ4v) is 5.48. The van der Waals surface area contributed by atoms with Gasteiger partial charge in [-0.2, -0.15) is 0 Å². The molecule has 2 heterocycles. The lowest BCUT2D eigenvalue weighted by atomic mass is 9.80.